The summed E-state index contributed by atoms with van der Waals surface area (Å²) in [5.74, 6) is -2.57. The highest BCUT2D eigenvalue weighted by atomic mass is 19.1. The van der Waals surface area contributed by atoms with Crippen LogP contribution in [0, 0.1) is 5.82 Å². The molecule has 0 radical (unpaired) electrons. The van der Waals surface area contributed by atoms with E-state index in [-0.39, 0.29) is 12.5 Å². The lowest BCUT2D eigenvalue weighted by Gasteiger charge is -2.46. The normalized spacial score (nSPS) is 19.0. The molecule has 1 aliphatic rings. The number of benzene rings is 2. The van der Waals surface area contributed by atoms with Crippen LogP contribution in [-0.2, 0) is 11.3 Å². The van der Waals surface area contributed by atoms with Crippen molar-refractivity contribution >= 4 is 11.9 Å². The van der Waals surface area contributed by atoms with Crippen molar-refractivity contribution in [2.24, 2.45) is 0 Å². The van der Waals surface area contributed by atoms with Gasteiger partial charge in [0.1, 0.15) is 11.7 Å². The van der Waals surface area contributed by atoms with Crippen LogP contribution in [0.3, 0.4) is 0 Å². The molecule has 1 amide bonds. The van der Waals surface area contributed by atoms with Gasteiger partial charge in [-0.1, -0.05) is 36.4 Å². The molecule has 0 aromatic heterocycles. The van der Waals surface area contributed by atoms with Crippen molar-refractivity contribution in [3.05, 3.63) is 71.0 Å². The molecular formula is C19H18FNO3. The average molecular weight is 327 g/mol. The van der Waals surface area contributed by atoms with Crippen LogP contribution in [0.5, 0.6) is 0 Å². The third-order valence-corrected chi connectivity index (χ3v) is 4.68. The molecule has 0 spiro atoms. The van der Waals surface area contributed by atoms with Gasteiger partial charge in [-0.05, 0) is 31.5 Å². The summed E-state index contributed by atoms with van der Waals surface area (Å²) in [5.41, 5.74) is 0.243. The van der Waals surface area contributed by atoms with E-state index in [9.17, 15) is 19.1 Å². The first kappa shape index (κ1) is 16.2. The second-order valence-corrected chi connectivity index (χ2v) is 6.49. The van der Waals surface area contributed by atoms with Crippen LogP contribution >= 0.6 is 0 Å². The van der Waals surface area contributed by atoms with E-state index < -0.39 is 23.2 Å². The lowest BCUT2D eigenvalue weighted by atomic mass is 9.74. The van der Waals surface area contributed by atoms with Gasteiger partial charge in [0.25, 0.3) is 5.91 Å². The van der Waals surface area contributed by atoms with Gasteiger partial charge in [0, 0.05) is 17.7 Å². The van der Waals surface area contributed by atoms with E-state index in [4.69, 9.17) is 0 Å². The number of amides is 1. The molecule has 1 unspecified atom stereocenters. The van der Waals surface area contributed by atoms with Gasteiger partial charge < -0.3 is 10.0 Å². The largest absolute Gasteiger partial charge is 0.481 e. The summed E-state index contributed by atoms with van der Waals surface area (Å²) in [6, 6.07) is 12.9. The van der Waals surface area contributed by atoms with Gasteiger partial charge in [-0.2, -0.15) is 0 Å². The summed E-state index contributed by atoms with van der Waals surface area (Å²) in [6.45, 7) is 3.44. The molecule has 3 rings (SSSR count). The van der Waals surface area contributed by atoms with E-state index in [1.165, 1.54) is 11.0 Å². The third-order valence-electron chi connectivity index (χ3n) is 4.68. The van der Waals surface area contributed by atoms with Crippen LogP contribution in [0.25, 0.3) is 0 Å². The average Bonchev–Trinajstić information content (AvgIpc) is 2.52. The molecule has 1 aliphatic heterocycles. The van der Waals surface area contributed by atoms with Crippen molar-refractivity contribution in [2.45, 2.75) is 31.8 Å². The lowest BCUT2D eigenvalue weighted by Crippen LogP contribution is -2.56. The number of carboxylic acid groups (broad SMARTS) is 1. The Morgan fingerprint density at radius 3 is 2.46 bits per heavy atom. The minimum Gasteiger partial charge on any atom is -0.481 e. The first-order valence-corrected chi connectivity index (χ1v) is 7.71. The van der Waals surface area contributed by atoms with Gasteiger partial charge in [0.15, 0.2) is 0 Å². The molecule has 0 fully saturated rings. The quantitative estimate of drug-likeness (QED) is 0.939. The third kappa shape index (κ3) is 2.46. The molecule has 1 atom stereocenters. The standard InChI is InChI=1S/C19H18FNO3/c1-19(2)16(18(23)24)13-8-4-5-9-14(13)17(22)21(19)11-12-7-3-6-10-15(12)20/h3-10,16H,11H2,1-2H3,(H,23,24). The molecule has 0 aliphatic carbocycles. The Hall–Kier alpha value is -2.69. The maximum atomic E-state index is 14.0. The molecule has 0 saturated heterocycles. The Kier molecular flexibility index (Phi) is 3.87. The Balaban J connectivity index is 2.11. The number of carbonyl (C=O) groups is 2. The molecule has 1 N–H and O–H groups in total. The number of aliphatic carboxylic acids is 1. The van der Waals surface area contributed by atoms with Crippen LogP contribution in [0.1, 0.15) is 41.3 Å². The van der Waals surface area contributed by atoms with Crippen molar-refractivity contribution in [2.75, 3.05) is 0 Å². The Morgan fingerprint density at radius 1 is 1.17 bits per heavy atom. The molecule has 1 heterocycles. The van der Waals surface area contributed by atoms with E-state index in [1.54, 1.807) is 56.3 Å². The molecular weight excluding hydrogens is 309 g/mol. The number of fused-ring (bicyclic) bond motifs is 1. The van der Waals surface area contributed by atoms with Gasteiger partial charge in [0.2, 0.25) is 0 Å². The minimum atomic E-state index is -1.00. The summed E-state index contributed by atoms with van der Waals surface area (Å²) in [7, 11) is 0. The van der Waals surface area contributed by atoms with Gasteiger partial charge >= 0.3 is 5.97 Å². The van der Waals surface area contributed by atoms with Crippen molar-refractivity contribution in [3.8, 4) is 0 Å². The number of carbonyl (C=O) groups excluding carboxylic acids is 1. The topological polar surface area (TPSA) is 57.6 Å². The summed E-state index contributed by atoms with van der Waals surface area (Å²) >= 11 is 0. The summed E-state index contributed by atoms with van der Waals surface area (Å²) < 4.78 is 14.0. The van der Waals surface area contributed by atoms with Crippen molar-refractivity contribution in [1.29, 1.82) is 0 Å². The van der Waals surface area contributed by atoms with E-state index in [0.717, 1.165) is 0 Å². The molecule has 0 bridgehead atoms. The summed E-state index contributed by atoms with van der Waals surface area (Å²) in [4.78, 5) is 26.3. The fourth-order valence-corrected chi connectivity index (χ4v) is 3.39. The Bertz CT molecular complexity index is 816. The Morgan fingerprint density at radius 2 is 1.79 bits per heavy atom. The highest BCUT2D eigenvalue weighted by molar-refractivity contribution is 6.00. The van der Waals surface area contributed by atoms with Gasteiger partial charge in [-0.25, -0.2) is 4.39 Å². The lowest BCUT2D eigenvalue weighted by molar-refractivity contribution is -0.142. The van der Waals surface area contributed by atoms with Crippen molar-refractivity contribution < 1.29 is 19.1 Å². The van der Waals surface area contributed by atoms with Crippen LogP contribution in [0.15, 0.2) is 48.5 Å². The summed E-state index contributed by atoms with van der Waals surface area (Å²) in [5, 5.41) is 9.73. The number of rotatable bonds is 3. The molecule has 4 nitrogen and oxygen atoms in total. The number of carboxylic acids is 1. The van der Waals surface area contributed by atoms with Crippen LogP contribution in [0.4, 0.5) is 4.39 Å². The first-order valence-electron chi connectivity index (χ1n) is 7.71. The van der Waals surface area contributed by atoms with Gasteiger partial charge in [0.05, 0.1) is 5.54 Å². The highest BCUT2D eigenvalue weighted by Gasteiger charge is 2.49. The van der Waals surface area contributed by atoms with E-state index in [1.807, 2.05) is 0 Å². The number of nitrogens with zero attached hydrogens (tertiary/aromatic N) is 1. The zero-order valence-electron chi connectivity index (χ0n) is 13.5. The molecule has 5 heteroatoms. The van der Waals surface area contributed by atoms with Gasteiger partial charge in [-0.3, -0.25) is 9.59 Å². The zero-order chi connectivity index (χ0) is 17.5. The molecule has 124 valence electrons. The second-order valence-electron chi connectivity index (χ2n) is 6.49. The van der Waals surface area contributed by atoms with E-state index in [2.05, 4.69) is 0 Å². The molecule has 2 aromatic rings. The molecule has 24 heavy (non-hydrogen) atoms. The van der Waals surface area contributed by atoms with E-state index >= 15 is 0 Å². The predicted octanol–water partition coefficient (Wildman–Crippen LogP) is 3.43. The SMILES string of the molecule is CC1(C)C(C(=O)O)c2ccccc2C(=O)N1Cc1ccccc1F. The predicted molar refractivity (Wildman–Crippen MR) is 87.2 cm³/mol. The monoisotopic (exact) mass is 327 g/mol. The maximum absolute atomic E-state index is 14.0. The smallest absolute Gasteiger partial charge is 0.313 e. The first-order chi connectivity index (χ1) is 11.3. The zero-order valence-corrected chi connectivity index (χ0v) is 13.5. The summed E-state index contributed by atoms with van der Waals surface area (Å²) in [6.07, 6.45) is 0. The van der Waals surface area contributed by atoms with Crippen LogP contribution < -0.4 is 0 Å². The van der Waals surface area contributed by atoms with Gasteiger partial charge in [-0.15, -0.1) is 0 Å². The van der Waals surface area contributed by atoms with Crippen LogP contribution in [0.2, 0.25) is 0 Å². The maximum Gasteiger partial charge on any atom is 0.313 e. The Labute approximate surface area is 139 Å². The second kappa shape index (κ2) is 5.74. The fraction of sp³-hybridized carbons (Fsp3) is 0.263. The van der Waals surface area contributed by atoms with Crippen molar-refractivity contribution in [3.63, 3.8) is 0 Å². The van der Waals surface area contributed by atoms with Crippen molar-refractivity contribution in [1.82, 2.24) is 4.90 Å². The highest BCUT2D eigenvalue weighted by Crippen LogP contribution is 2.41. The minimum absolute atomic E-state index is 0.0244. The molecule has 0 saturated carbocycles. The van der Waals surface area contributed by atoms with Crippen LogP contribution in [-0.4, -0.2) is 27.4 Å². The fourth-order valence-electron chi connectivity index (χ4n) is 3.39. The van der Waals surface area contributed by atoms with E-state index in [0.29, 0.717) is 16.7 Å². The molecule has 2 aromatic carbocycles. The number of hydrogen-bond donors (Lipinski definition) is 1. The number of hydrogen-bond acceptors (Lipinski definition) is 2. The number of halogens is 1.